The predicted molar refractivity (Wildman–Crippen MR) is 241 cm³/mol. The number of rotatable bonds is 12. The summed E-state index contributed by atoms with van der Waals surface area (Å²) >= 11 is 0. The minimum Gasteiger partial charge on any atom is -0.504 e. The van der Waals surface area contributed by atoms with Crippen LogP contribution >= 0.6 is 0 Å². The van der Waals surface area contributed by atoms with Crippen molar-refractivity contribution in [2.75, 3.05) is 19.4 Å². The third kappa shape index (κ3) is 9.28. The van der Waals surface area contributed by atoms with Crippen molar-refractivity contribution >= 4 is 28.2 Å². The first-order valence-electron chi connectivity index (χ1n) is 22.9. The van der Waals surface area contributed by atoms with Gasteiger partial charge >= 0.3 is 0 Å². The maximum Gasteiger partial charge on any atom is 0.160 e. The van der Waals surface area contributed by atoms with Crippen LogP contribution in [0.15, 0.2) is 66.9 Å². The lowest BCUT2D eigenvalue weighted by Gasteiger charge is -2.42. The molecule has 3 fully saturated rings. The van der Waals surface area contributed by atoms with E-state index in [0.717, 1.165) is 71.7 Å². The molecule has 4 aromatic rings. The number of carbonyl (C=O) groups is 2. The van der Waals surface area contributed by atoms with Crippen LogP contribution in [0.2, 0.25) is 0 Å². The highest BCUT2D eigenvalue weighted by Gasteiger charge is 2.48. The van der Waals surface area contributed by atoms with E-state index in [1.54, 1.807) is 18.3 Å². The van der Waals surface area contributed by atoms with Crippen molar-refractivity contribution in [2.45, 2.75) is 133 Å². The van der Waals surface area contributed by atoms with E-state index in [2.05, 4.69) is 59.4 Å². The van der Waals surface area contributed by atoms with Crippen molar-refractivity contribution in [3.05, 3.63) is 94.7 Å². The fourth-order valence-corrected chi connectivity index (χ4v) is 11.2. The van der Waals surface area contributed by atoms with Gasteiger partial charge < -0.3 is 36.2 Å². The number of hydrogen-bond acceptors (Lipinski definition) is 10. The summed E-state index contributed by atoms with van der Waals surface area (Å²) < 4.78 is 5.48. The van der Waals surface area contributed by atoms with E-state index >= 15 is 0 Å². The van der Waals surface area contributed by atoms with E-state index in [1.807, 2.05) is 18.2 Å². The summed E-state index contributed by atoms with van der Waals surface area (Å²) in [7, 11) is 1.48. The molecule has 1 aromatic heterocycles. The summed E-state index contributed by atoms with van der Waals surface area (Å²) in [5.41, 5.74) is 9.38. The number of carbonyl (C=O) groups excluding carboxylic acids is 2. The number of nitrogens with one attached hydrogen (secondary N) is 1. The van der Waals surface area contributed by atoms with Crippen LogP contribution < -0.4 is 15.8 Å². The normalized spacial score (nSPS) is 27.8. The monoisotopic (exact) mass is 841 g/mol. The highest BCUT2D eigenvalue weighted by Crippen LogP contribution is 2.46. The second kappa shape index (κ2) is 18.9. The number of nitrogens with two attached hydrogens (primary N) is 1. The van der Waals surface area contributed by atoms with E-state index in [-0.39, 0.29) is 48.4 Å². The molecule has 10 nitrogen and oxygen atoms in total. The number of nitrogens with zero attached hydrogens (tertiary/aromatic N) is 1. The Balaban J connectivity index is 1.04. The number of phenolic OH excluding ortho intramolecular Hbond substituents is 1. The summed E-state index contributed by atoms with van der Waals surface area (Å²) in [6, 6.07) is 19.9. The van der Waals surface area contributed by atoms with E-state index in [9.17, 15) is 30.0 Å². The molecule has 2 heterocycles. The van der Waals surface area contributed by atoms with Crippen LogP contribution in [0.4, 0.5) is 5.82 Å². The van der Waals surface area contributed by atoms with Crippen LogP contribution in [-0.2, 0) is 22.4 Å². The zero-order chi connectivity index (χ0) is 43.5. The average Bonchev–Trinajstić information content (AvgIpc) is 3.32. The number of aromatic hydroxyl groups is 1. The Morgan fingerprint density at radius 1 is 0.968 bits per heavy atom. The van der Waals surface area contributed by atoms with E-state index in [1.165, 1.54) is 7.11 Å². The van der Waals surface area contributed by atoms with Crippen LogP contribution in [0.3, 0.4) is 0 Å². The van der Waals surface area contributed by atoms with Gasteiger partial charge in [-0.15, -0.1) is 0 Å². The molecule has 10 heteroatoms. The number of aryl methyl sites for hydroxylation is 2. The number of ketones is 2. The molecular formula is C52H63N3O7. The number of nitrogen functional groups attached to an aromatic ring is 1. The molecule has 328 valence electrons. The molecule has 1 spiro atoms. The molecular weight excluding hydrogens is 779 g/mol. The average molecular weight is 842 g/mol. The van der Waals surface area contributed by atoms with Gasteiger partial charge in [0, 0.05) is 43.3 Å². The smallest absolute Gasteiger partial charge is 0.160 e. The van der Waals surface area contributed by atoms with Gasteiger partial charge in [0.2, 0.25) is 0 Å². The summed E-state index contributed by atoms with van der Waals surface area (Å²) in [5, 5.41) is 52.8. The van der Waals surface area contributed by atoms with Crippen LogP contribution in [0.25, 0.3) is 10.8 Å². The number of anilines is 1. The lowest BCUT2D eigenvalue weighted by Crippen LogP contribution is -2.49. The number of hydrogen-bond donors (Lipinski definition) is 6. The van der Waals surface area contributed by atoms with Crippen LogP contribution in [0, 0.1) is 35.0 Å². The molecule has 8 rings (SSSR count). The van der Waals surface area contributed by atoms with Crippen LogP contribution in [0.1, 0.15) is 124 Å². The van der Waals surface area contributed by atoms with E-state index < -0.39 is 29.6 Å². The van der Waals surface area contributed by atoms with E-state index in [4.69, 9.17) is 10.5 Å². The number of fused-ring (bicyclic) bond motifs is 3. The molecule has 3 aliphatic carbocycles. The number of methoxy groups -OCH3 is 1. The number of piperidine rings is 1. The third-order valence-electron chi connectivity index (χ3n) is 14.9. The third-order valence-corrected chi connectivity index (χ3v) is 14.9. The van der Waals surface area contributed by atoms with Gasteiger partial charge in [-0.2, -0.15) is 0 Å². The van der Waals surface area contributed by atoms with Crippen molar-refractivity contribution in [3.8, 4) is 23.3 Å². The van der Waals surface area contributed by atoms with Crippen molar-refractivity contribution < 1.29 is 34.8 Å². The molecule has 3 aromatic carbocycles. The lowest BCUT2D eigenvalue weighted by atomic mass is 9.64. The standard InChI is InChI=1S/C52H63N3O7/c1-3-33-30-55-51(53)28-43(33)42(36-11-10-34-6-4-5-7-35(34)22-36)27-46(58)45(57)23-38-17-19-52(49(60)15-13-37-24-48(62-2)47(59)26-41(37)38)18-16-31(21-50(52)61)8-9-32-20-39-12-14-40(56)25-44(39)54-29-32/h4-7,10-11,22,24,26,28,30-32,38-39,42,44-46,50,54,57-59,61H,3,8-9,12-16,18,20-21,23,25,27,29H2,1-2H3,(H2,53,55)/t31-,32+,38-,39-,42-,44-,45-,46+,50-,52+/m1/s1. The van der Waals surface area contributed by atoms with Gasteiger partial charge in [-0.3, -0.25) is 9.59 Å². The molecule has 4 aliphatic rings. The molecule has 62 heavy (non-hydrogen) atoms. The zero-order valence-electron chi connectivity index (χ0n) is 36.2. The SMILES string of the molecule is CCc1cnc(N)cc1[C@H](C[C@H](O)[C@H](O)C[C@H]1C#C[C@@]2(CC[C@@H](CC[C@@H]3CN[C@@H]4CC(=O)CC[C@@H]4C3)C[C@H]2O)C(=O)CCc2cc(OC)c(O)cc21)c1ccc2ccccc2c1. The van der Waals surface area contributed by atoms with Gasteiger partial charge in [0.05, 0.1) is 25.4 Å². The van der Waals surface area contributed by atoms with Crippen LogP contribution in [0.5, 0.6) is 11.5 Å². The Kier molecular flexibility index (Phi) is 13.4. The Morgan fingerprint density at radius 3 is 2.56 bits per heavy atom. The molecule has 0 amide bonds. The molecule has 7 N–H and O–H groups in total. The molecule has 0 radical (unpaired) electrons. The molecule has 1 saturated heterocycles. The molecule has 10 atom stereocenters. The highest BCUT2D eigenvalue weighted by atomic mass is 16.5. The molecule has 1 aliphatic heterocycles. The number of pyridine rings is 1. The van der Waals surface area contributed by atoms with Gasteiger partial charge in [0.1, 0.15) is 17.0 Å². The van der Waals surface area contributed by atoms with E-state index in [0.29, 0.717) is 73.6 Å². The first-order valence-corrected chi connectivity index (χ1v) is 22.9. The molecule has 0 bridgehead atoms. The summed E-state index contributed by atoms with van der Waals surface area (Å²) in [6.45, 7) is 2.98. The van der Waals surface area contributed by atoms with Gasteiger partial charge in [0.15, 0.2) is 17.3 Å². The fourth-order valence-electron chi connectivity index (χ4n) is 11.2. The number of benzene rings is 3. The number of aliphatic hydroxyl groups excluding tert-OH is 3. The van der Waals surface area contributed by atoms with Gasteiger partial charge in [-0.05, 0) is 145 Å². The minimum absolute atomic E-state index is 0.0327. The summed E-state index contributed by atoms with van der Waals surface area (Å²) in [6.07, 6.45) is 7.07. The number of phenols is 1. The Labute approximate surface area is 365 Å². The zero-order valence-corrected chi connectivity index (χ0v) is 36.2. The van der Waals surface area contributed by atoms with Gasteiger partial charge in [0.25, 0.3) is 0 Å². The van der Waals surface area contributed by atoms with Gasteiger partial charge in [-0.25, -0.2) is 4.98 Å². The first-order chi connectivity index (χ1) is 29.9. The van der Waals surface area contributed by atoms with Crippen molar-refractivity contribution in [1.82, 2.24) is 10.3 Å². The second-order valence-electron chi connectivity index (χ2n) is 18.8. The minimum atomic E-state index is -1.25. The predicted octanol–water partition coefficient (Wildman–Crippen LogP) is 7.30. The summed E-state index contributed by atoms with van der Waals surface area (Å²) in [4.78, 5) is 30.7. The van der Waals surface area contributed by atoms with Gasteiger partial charge in [-0.1, -0.05) is 67.6 Å². The number of ether oxygens (including phenoxy) is 1. The second-order valence-corrected chi connectivity index (χ2v) is 18.8. The molecule has 0 unspecified atom stereocenters. The maximum atomic E-state index is 14.3. The topological polar surface area (TPSA) is 175 Å². The van der Waals surface area contributed by atoms with Crippen molar-refractivity contribution in [1.29, 1.82) is 0 Å². The maximum absolute atomic E-state index is 14.3. The van der Waals surface area contributed by atoms with Crippen LogP contribution in [-0.4, -0.2) is 75.0 Å². The number of Topliss-reactive ketones (excluding diaryl/α,β-unsaturated/α-hetero) is 2. The lowest BCUT2D eigenvalue weighted by molar-refractivity contribution is -0.134. The quantitative estimate of drug-likeness (QED) is 0.0795. The summed E-state index contributed by atoms with van der Waals surface area (Å²) in [5.74, 6) is 7.95. The number of aromatic nitrogens is 1. The largest absolute Gasteiger partial charge is 0.504 e. The number of aliphatic hydroxyl groups is 3. The Hall–Kier alpha value is -4.79. The fraction of sp³-hybridized carbons (Fsp3) is 0.519. The Bertz CT molecular complexity index is 2340. The Morgan fingerprint density at radius 2 is 1.77 bits per heavy atom. The van der Waals surface area contributed by atoms with Crippen molar-refractivity contribution in [3.63, 3.8) is 0 Å². The molecule has 2 saturated carbocycles. The first kappa shape index (κ1) is 43.8. The highest BCUT2D eigenvalue weighted by molar-refractivity contribution is 5.89. The van der Waals surface area contributed by atoms with Crippen molar-refractivity contribution in [2.24, 2.45) is 23.2 Å².